The fourth-order valence-corrected chi connectivity index (χ4v) is 3.09. The van der Waals surface area contributed by atoms with Gasteiger partial charge >= 0.3 is 0 Å². The van der Waals surface area contributed by atoms with Gasteiger partial charge in [-0.2, -0.15) is 5.26 Å². The highest BCUT2D eigenvalue weighted by atomic mass is 79.9. The molecule has 1 aliphatic rings. The van der Waals surface area contributed by atoms with E-state index in [4.69, 9.17) is 5.26 Å². The van der Waals surface area contributed by atoms with Crippen LogP contribution in [0.1, 0.15) is 32.3 Å². The zero-order chi connectivity index (χ0) is 12.4. The molecule has 1 atom stereocenters. The number of nitrogens with zero attached hydrogens (tertiary/aromatic N) is 2. The Labute approximate surface area is 111 Å². The number of rotatable bonds is 2. The van der Waals surface area contributed by atoms with Gasteiger partial charge in [0, 0.05) is 22.7 Å². The SMILES string of the molecule is CC(C)C1CCCN1c1cc(Br)cc(C#N)c1. The maximum absolute atomic E-state index is 9.02. The van der Waals surface area contributed by atoms with Crippen molar-refractivity contribution in [3.8, 4) is 6.07 Å². The summed E-state index contributed by atoms with van der Waals surface area (Å²) in [7, 11) is 0. The van der Waals surface area contributed by atoms with Crippen LogP contribution in [-0.2, 0) is 0 Å². The average molecular weight is 293 g/mol. The van der Waals surface area contributed by atoms with Crippen molar-refractivity contribution in [2.75, 3.05) is 11.4 Å². The lowest BCUT2D eigenvalue weighted by Crippen LogP contribution is -2.33. The number of hydrogen-bond donors (Lipinski definition) is 0. The van der Waals surface area contributed by atoms with Crippen molar-refractivity contribution in [1.29, 1.82) is 5.26 Å². The monoisotopic (exact) mass is 292 g/mol. The van der Waals surface area contributed by atoms with E-state index in [9.17, 15) is 0 Å². The van der Waals surface area contributed by atoms with Gasteiger partial charge in [0.1, 0.15) is 0 Å². The molecule has 1 saturated heterocycles. The molecule has 1 heterocycles. The Hall–Kier alpha value is -1.01. The molecule has 17 heavy (non-hydrogen) atoms. The summed E-state index contributed by atoms with van der Waals surface area (Å²) in [6, 6.07) is 8.80. The Morgan fingerprint density at radius 3 is 2.82 bits per heavy atom. The van der Waals surface area contributed by atoms with Crippen LogP contribution in [0, 0.1) is 17.2 Å². The van der Waals surface area contributed by atoms with Crippen molar-refractivity contribution < 1.29 is 0 Å². The standard InChI is InChI=1S/C14H17BrN2/c1-10(2)14-4-3-5-17(14)13-7-11(9-16)6-12(15)8-13/h6-8,10,14H,3-5H2,1-2H3. The maximum Gasteiger partial charge on any atom is 0.0992 e. The molecule has 2 nitrogen and oxygen atoms in total. The number of benzene rings is 1. The van der Waals surface area contributed by atoms with Crippen molar-refractivity contribution in [2.45, 2.75) is 32.7 Å². The highest BCUT2D eigenvalue weighted by Crippen LogP contribution is 2.32. The molecule has 0 N–H and O–H groups in total. The minimum Gasteiger partial charge on any atom is -0.368 e. The van der Waals surface area contributed by atoms with Crippen LogP contribution >= 0.6 is 15.9 Å². The van der Waals surface area contributed by atoms with Crippen LogP contribution in [0.2, 0.25) is 0 Å². The van der Waals surface area contributed by atoms with Crippen molar-refractivity contribution in [1.82, 2.24) is 0 Å². The quantitative estimate of drug-likeness (QED) is 0.825. The lowest BCUT2D eigenvalue weighted by Gasteiger charge is -2.30. The molecular weight excluding hydrogens is 276 g/mol. The molecule has 1 unspecified atom stereocenters. The van der Waals surface area contributed by atoms with Gasteiger partial charge in [-0.25, -0.2) is 0 Å². The molecular formula is C14H17BrN2. The summed E-state index contributed by atoms with van der Waals surface area (Å²) in [5.74, 6) is 0.655. The second-order valence-electron chi connectivity index (χ2n) is 4.96. The van der Waals surface area contributed by atoms with Gasteiger partial charge in [0.15, 0.2) is 0 Å². The first kappa shape index (κ1) is 12.4. The number of nitriles is 1. The van der Waals surface area contributed by atoms with E-state index in [2.05, 4.69) is 46.8 Å². The van der Waals surface area contributed by atoms with Crippen molar-refractivity contribution >= 4 is 21.6 Å². The molecule has 0 amide bonds. The maximum atomic E-state index is 9.02. The van der Waals surface area contributed by atoms with Crippen molar-refractivity contribution in [3.63, 3.8) is 0 Å². The Bertz CT molecular complexity index is 448. The second kappa shape index (κ2) is 5.10. The number of hydrogen-bond acceptors (Lipinski definition) is 2. The third kappa shape index (κ3) is 2.63. The fraction of sp³-hybridized carbons (Fsp3) is 0.500. The Balaban J connectivity index is 2.33. The highest BCUT2D eigenvalue weighted by molar-refractivity contribution is 9.10. The van der Waals surface area contributed by atoms with E-state index in [1.54, 1.807) is 0 Å². The smallest absolute Gasteiger partial charge is 0.0992 e. The van der Waals surface area contributed by atoms with Crippen molar-refractivity contribution in [3.05, 3.63) is 28.2 Å². The van der Waals surface area contributed by atoms with E-state index in [1.165, 1.54) is 18.5 Å². The van der Waals surface area contributed by atoms with Crippen molar-refractivity contribution in [2.24, 2.45) is 5.92 Å². The Morgan fingerprint density at radius 1 is 1.41 bits per heavy atom. The molecule has 1 aliphatic heterocycles. The first-order valence-corrected chi connectivity index (χ1v) is 6.88. The van der Waals surface area contributed by atoms with Gasteiger partial charge in [-0.3, -0.25) is 0 Å². The van der Waals surface area contributed by atoms with Crippen LogP contribution in [-0.4, -0.2) is 12.6 Å². The third-order valence-electron chi connectivity index (χ3n) is 3.41. The minimum absolute atomic E-state index is 0.607. The van der Waals surface area contributed by atoms with Crippen LogP contribution in [0.5, 0.6) is 0 Å². The largest absolute Gasteiger partial charge is 0.368 e. The molecule has 0 spiro atoms. The molecule has 3 heteroatoms. The Kier molecular flexibility index (Phi) is 3.73. The number of anilines is 1. The van der Waals surface area contributed by atoms with Gasteiger partial charge < -0.3 is 4.90 Å². The molecule has 0 saturated carbocycles. The van der Waals surface area contributed by atoms with E-state index in [-0.39, 0.29) is 0 Å². The topological polar surface area (TPSA) is 27.0 Å². The normalized spacial score (nSPS) is 19.7. The molecule has 1 aromatic rings. The number of halogens is 1. The Morgan fingerprint density at radius 2 is 2.18 bits per heavy atom. The average Bonchev–Trinajstić information content (AvgIpc) is 2.77. The summed E-state index contributed by atoms with van der Waals surface area (Å²) in [4.78, 5) is 2.44. The zero-order valence-corrected chi connectivity index (χ0v) is 11.9. The summed E-state index contributed by atoms with van der Waals surface area (Å²) in [5.41, 5.74) is 1.90. The van der Waals surface area contributed by atoms with E-state index in [1.807, 2.05) is 12.1 Å². The van der Waals surface area contributed by atoms with Crippen LogP contribution in [0.3, 0.4) is 0 Å². The van der Waals surface area contributed by atoms with Gasteiger partial charge in [-0.05, 0) is 37.0 Å². The van der Waals surface area contributed by atoms with Crippen LogP contribution in [0.4, 0.5) is 5.69 Å². The summed E-state index contributed by atoms with van der Waals surface area (Å²) in [5, 5.41) is 9.02. The first-order chi connectivity index (χ1) is 8.11. The molecule has 0 aliphatic carbocycles. The van der Waals surface area contributed by atoms with E-state index < -0.39 is 0 Å². The molecule has 0 bridgehead atoms. The lowest BCUT2D eigenvalue weighted by atomic mass is 10.0. The van der Waals surface area contributed by atoms with Crippen LogP contribution < -0.4 is 4.90 Å². The summed E-state index contributed by atoms with van der Waals surface area (Å²) in [6.07, 6.45) is 2.50. The minimum atomic E-state index is 0.607. The van der Waals surface area contributed by atoms with Gasteiger partial charge in [0.2, 0.25) is 0 Å². The summed E-state index contributed by atoms with van der Waals surface area (Å²) in [6.45, 7) is 5.64. The lowest BCUT2D eigenvalue weighted by molar-refractivity contribution is 0.492. The highest BCUT2D eigenvalue weighted by Gasteiger charge is 2.27. The van der Waals surface area contributed by atoms with E-state index >= 15 is 0 Å². The zero-order valence-electron chi connectivity index (χ0n) is 10.3. The molecule has 90 valence electrons. The third-order valence-corrected chi connectivity index (χ3v) is 3.87. The van der Waals surface area contributed by atoms with Gasteiger partial charge in [0.05, 0.1) is 11.6 Å². The second-order valence-corrected chi connectivity index (χ2v) is 5.87. The predicted octanol–water partition coefficient (Wildman–Crippen LogP) is 3.95. The molecule has 0 radical (unpaired) electrons. The van der Waals surface area contributed by atoms with E-state index in [0.717, 1.165) is 16.6 Å². The summed E-state index contributed by atoms with van der Waals surface area (Å²) >= 11 is 3.48. The van der Waals surface area contributed by atoms with Crippen LogP contribution in [0.15, 0.2) is 22.7 Å². The van der Waals surface area contributed by atoms with Crippen LogP contribution in [0.25, 0.3) is 0 Å². The molecule has 1 aromatic carbocycles. The first-order valence-electron chi connectivity index (χ1n) is 6.09. The molecule has 0 aromatic heterocycles. The summed E-state index contributed by atoms with van der Waals surface area (Å²) < 4.78 is 0.987. The van der Waals surface area contributed by atoms with E-state index in [0.29, 0.717) is 12.0 Å². The van der Waals surface area contributed by atoms with Gasteiger partial charge in [-0.1, -0.05) is 29.8 Å². The molecule has 2 rings (SSSR count). The fourth-order valence-electron chi connectivity index (χ4n) is 2.61. The molecule has 1 fully saturated rings. The van der Waals surface area contributed by atoms with Gasteiger partial charge in [0.25, 0.3) is 0 Å². The van der Waals surface area contributed by atoms with Gasteiger partial charge in [-0.15, -0.1) is 0 Å². The predicted molar refractivity (Wildman–Crippen MR) is 74.1 cm³/mol.